The van der Waals surface area contributed by atoms with Gasteiger partial charge in [-0.1, -0.05) is 23.1 Å². The van der Waals surface area contributed by atoms with Crippen molar-refractivity contribution >= 4 is 55.4 Å². The van der Waals surface area contributed by atoms with Crippen LogP contribution in [0.15, 0.2) is 35.7 Å². The second kappa shape index (κ2) is 6.65. The van der Waals surface area contributed by atoms with Gasteiger partial charge >= 0.3 is 0 Å². The molecule has 0 aliphatic carbocycles. The van der Waals surface area contributed by atoms with Crippen LogP contribution in [0.1, 0.15) is 0 Å². The van der Waals surface area contributed by atoms with Crippen molar-refractivity contribution in [1.29, 1.82) is 0 Å². The average molecular weight is 372 g/mol. The summed E-state index contributed by atoms with van der Waals surface area (Å²) in [6.07, 6.45) is 3.10. The summed E-state index contributed by atoms with van der Waals surface area (Å²) in [5.41, 5.74) is 1.47. The van der Waals surface area contributed by atoms with E-state index in [-0.39, 0.29) is 11.7 Å². The van der Waals surface area contributed by atoms with E-state index < -0.39 is 0 Å². The lowest BCUT2D eigenvalue weighted by atomic mass is 10.3. The summed E-state index contributed by atoms with van der Waals surface area (Å²) in [4.78, 5) is 24.9. The number of methoxy groups -OCH3 is 1. The first-order valence-electron chi connectivity index (χ1n) is 7.24. The van der Waals surface area contributed by atoms with E-state index in [0.29, 0.717) is 15.8 Å². The predicted octanol–water partition coefficient (Wildman–Crippen LogP) is 2.70. The number of carbonyl (C=O) groups is 1. The third-order valence-electron chi connectivity index (χ3n) is 3.39. The van der Waals surface area contributed by atoms with Gasteiger partial charge in [-0.05, 0) is 18.2 Å². The van der Waals surface area contributed by atoms with E-state index in [1.54, 1.807) is 13.3 Å². The lowest BCUT2D eigenvalue weighted by Crippen LogP contribution is -2.13. The number of aromatic nitrogens is 5. The Balaban J connectivity index is 1.44. The molecule has 0 spiro atoms. The van der Waals surface area contributed by atoms with E-state index in [1.165, 1.54) is 29.4 Å². The molecule has 1 aromatic carbocycles. The minimum absolute atomic E-state index is 0.147. The number of benzene rings is 1. The topological polar surface area (TPSA) is 106 Å². The molecule has 0 fully saturated rings. The minimum Gasteiger partial charge on any atom is -0.497 e. The second-order valence-corrected chi connectivity index (χ2v) is 7.00. The van der Waals surface area contributed by atoms with Gasteiger partial charge in [0.15, 0.2) is 10.8 Å². The van der Waals surface area contributed by atoms with Crippen molar-refractivity contribution in [2.75, 3.05) is 18.2 Å². The van der Waals surface area contributed by atoms with Gasteiger partial charge in [0.05, 0.1) is 34.7 Å². The summed E-state index contributed by atoms with van der Waals surface area (Å²) in [5.74, 6) is 0.833. The largest absolute Gasteiger partial charge is 0.497 e. The van der Waals surface area contributed by atoms with Crippen LogP contribution in [0.3, 0.4) is 0 Å². The summed E-state index contributed by atoms with van der Waals surface area (Å²) in [6, 6.07) is 5.61. The third-order valence-corrected chi connectivity index (χ3v) is 5.33. The number of H-pyrrole nitrogens is 1. The Morgan fingerprint density at radius 2 is 2.32 bits per heavy atom. The molecule has 0 aliphatic rings. The fraction of sp³-hybridized carbons (Fsp3) is 0.133. The molecule has 0 atom stereocenters. The lowest BCUT2D eigenvalue weighted by Gasteiger charge is -2.02. The summed E-state index contributed by atoms with van der Waals surface area (Å²) in [6.45, 7) is 0. The number of aromatic amines is 1. The van der Waals surface area contributed by atoms with E-state index >= 15 is 0 Å². The normalized spacial score (nSPS) is 11.1. The van der Waals surface area contributed by atoms with Crippen LogP contribution in [0.5, 0.6) is 5.75 Å². The molecule has 4 aromatic rings. The van der Waals surface area contributed by atoms with E-state index in [4.69, 9.17) is 4.74 Å². The maximum Gasteiger partial charge on any atom is 0.236 e. The number of thiazole rings is 1. The van der Waals surface area contributed by atoms with Gasteiger partial charge in [-0.2, -0.15) is 5.10 Å². The predicted molar refractivity (Wildman–Crippen MR) is 97.2 cm³/mol. The van der Waals surface area contributed by atoms with Crippen molar-refractivity contribution in [3.8, 4) is 5.75 Å². The number of nitrogens with one attached hydrogen (secondary N) is 2. The zero-order valence-corrected chi connectivity index (χ0v) is 14.6. The summed E-state index contributed by atoms with van der Waals surface area (Å²) in [5, 5.41) is 11.6. The monoisotopic (exact) mass is 372 g/mol. The van der Waals surface area contributed by atoms with Gasteiger partial charge in [-0.15, -0.1) is 0 Å². The number of hydrogen-bond donors (Lipinski definition) is 2. The Bertz CT molecular complexity index is 1060. The third kappa shape index (κ3) is 3.26. The molecule has 0 saturated carbocycles. The van der Waals surface area contributed by atoms with Crippen LogP contribution >= 0.6 is 23.1 Å². The maximum atomic E-state index is 12.2. The van der Waals surface area contributed by atoms with Crippen LogP contribution in [0.4, 0.5) is 5.13 Å². The molecule has 1 amide bonds. The highest BCUT2D eigenvalue weighted by atomic mass is 32.2. The van der Waals surface area contributed by atoms with Crippen molar-refractivity contribution in [2.24, 2.45) is 0 Å². The Labute approximate surface area is 150 Å². The SMILES string of the molecule is COc1ccc2nc(NC(=O)CSc3ncnc4[nH]ncc34)sc2c1. The molecule has 0 unspecified atom stereocenters. The highest BCUT2D eigenvalue weighted by molar-refractivity contribution is 8.00. The van der Waals surface area contributed by atoms with Gasteiger partial charge in [0.1, 0.15) is 17.1 Å². The van der Waals surface area contributed by atoms with Crippen molar-refractivity contribution in [1.82, 2.24) is 25.1 Å². The standard InChI is InChI=1S/C15H12N6O2S2/c1-23-8-2-3-10-11(4-8)25-15(19-10)20-12(22)6-24-14-9-5-18-21-13(9)16-7-17-14/h2-5,7H,6H2,1H3,(H,19,20,22)(H,16,17,18,21). The van der Waals surface area contributed by atoms with Crippen molar-refractivity contribution in [3.05, 3.63) is 30.7 Å². The summed E-state index contributed by atoms with van der Waals surface area (Å²) < 4.78 is 6.15. The molecule has 3 aromatic heterocycles. The van der Waals surface area contributed by atoms with Crippen molar-refractivity contribution in [2.45, 2.75) is 5.03 Å². The number of nitrogens with zero attached hydrogens (tertiary/aromatic N) is 4. The number of rotatable bonds is 5. The van der Waals surface area contributed by atoms with Crippen LogP contribution in [0.25, 0.3) is 21.3 Å². The van der Waals surface area contributed by atoms with E-state index in [0.717, 1.165) is 21.4 Å². The van der Waals surface area contributed by atoms with Crippen LogP contribution < -0.4 is 10.1 Å². The highest BCUT2D eigenvalue weighted by Crippen LogP contribution is 2.29. The maximum absolute atomic E-state index is 12.2. The molecule has 0 saturated heterocycles. The van der Waals surface area contributed by atoms with Crippen LogP contribution in [-0.2, 0) is 4.79 Å². The van der Waals surface area contributed by atoms with Gasteiger partial charge in [0, 0.05) is 0 Å². The smallest absolute Gasteiger partial charge is 0.236 e. The molecule has 2 N–H and O–H groups in total. The molecule has 25 heavy (non-hydrogen) atoms. The number of ether oxygens (including phenoxy) is 1. The lowest BCUT2D eigenvalue weighted by molar-refractivity contribution is -0.113. The van der Waals surface area contributed by atoms with Crippen molar-refractivity contribution in [3.63, 3.8) is 0 Å². The first-order valence-corrected chi connectivity index (χ1v) is 9.04. The quantitative estimate of drug-likeness (QED) is 0.410. The summed E-state index contributed by atoms with van der Waals surface area (Å²) in [7, 11) is 1.62. The number of hydrogen-bond acceptors (Lipinski definition) is 8. The molecule has 0 radical (unpaired) electrons. The molecule has 0 aliphatic heterocycles. The molecule has 3 heterocycles. The molecule has 8 nitrogen and oxygen atoms in total. The Hall–Kier alpha value is -2.72. The first-order chi connectivity index (χ1) is 12.2. The number of thioether (sulfide) groups is 1. The van der Waals surface area contributed by atoms with Gasteiger partial charge in [-0.3, -0.25) is 9.89 Å². The van der Waals surface area contributed by atoms with Gasteiger partial charge in [0.2, 0.25) is 5.91 Å². The van der Waals surface area contributed by atoms with Crippen LogP contribution in [0.2, 0.25) is 0 Å². The van der Waals surface area contributed by atoms with E-state index in [1.807, 2.05) is 18.2 Å². The fourth-order valence-corrected chi connectivity index (χ4v) is 3.91. The Morgan fingerprint density at radius 1 is 1.40 bits per heavy atom. The van der Waals surface area contributed by atoms with E-state index in [2.05, 4.69) is 30.5 Å². The second-order valence-electron chi connectivity index (χ2n) is 5.00. The fourth-order valence-electron chi connectivity index (χ4n) is 2.23. The Kier molecular flexibility index (Phi) is 4.20. The van der Waals surface area contributed by atoms with E-state index in [9.17, 15) is 4.79 Å². The summed E-state index contributed by atoms with van der Waals surface area (Å²) >= 11 is 2.74. The van der Waals surface area contributed by atoms with Crippen molar-refractivity contribution < 1.29 is 9.53 Å². The molecule has 4 rings (SSSR count). The molecular weight excluding hydrogens is 360 g/mol. The molecule has 0 bridgehead atoms. The number of amides is 1. The Morgan fingerprint density at radius 3 is 3.20 bits per heavy atom. The number of anilines is 1. The van der Waals surface area contributed by atoms with Crippen LogP contribution in [-0.4, -0.2) is 43.9 Å². The zero-order chi connectivity index (χ0) is 17.2. The number of fused-ring (bicyclic) bond motifs is 2. The zero-order valence-electron chi connectivity index (χ0n) is 13.0. The minimum atomic E-state index is -0.147. The van der Waals surface area contributed by atoms with Crippen LogP contribution in [0, 0.1) is 0 Å². The first kappa shape index (κ1) is 15.8. The highest BCUT2D eigenvalue weighted by Gasteiger charge is 2.11. The van der Waals surface area contributed by atoms with Gasteiger partial charge in [0.25, 0.3) is 0 Å². The molecule has 10 heteroatoms. The number of carbonyl (C=O) groups excluding carboxylic acids is 1. The van der Waals surface area contributed by atoms with Gasteiger partial charge in [-0.25, -0.2) is 15.0 Å². The molecular formula is C15H12N6O2S2. The average Bonchev–Trinajstić information content (AvgIpc) is 3.25. The van der Waals surface area contributed by atoms with Gasteiger partial charge < -0.3 is 10.1 Å². The molecule has 126 valence electrons.